The molecule has 2 aromatic carbocycles. The van der Waals surface area contributed by atoms with E-state index in [4.69, 9.17) is 0 Å². The van der Waals surface area contributed by atoms with E-state index in [9.17, 15) is 14.4 Å². The van der Waals surface area contributed by atoms with Gasteiger partial charge < -0.3 is 16.0 Å². The maximum Gasteiger partial charge on any atom is 0.255 e. The number of amides is 3. The Morgan fingerprint density at radius 1 is 0.800 bits per heavy atom. The molecule has 0 spiro atoms. The van der Waals surface area contributed by atoms with Crippen LogP contribution in [0.3, 0.4) is 0 Å². The molecule has 1 heterocycles. The number of carbonyl (C=O) groups is 3. The molecule has 30 heavy (non-hydrogen) atoms. The van der Waals surface area contributed by atoms with Gasteiger partial charge >= 0.3 is 0 Å². The average molecular weight is 409 g/mol. The summed E-state index contributed by atoms with van der Waals surface area (Å²) in [6, 6.07) is 12.6. The summed E-state index contributed by atoms with van der Waals surface area (Å²) >= 11 is 0. The van der Waals surface area contributed by atoms with Crippen molar-refractivity contribution in [1.82, 2.24) is 4.90 Å². The number of likely N-dealkylation sites (tertiary alicyclic amines) is 1. The zero-order valence-electron chi connectivity index (χ0n) is 17.5. The first-order chi connectivity index (χ1) is 14.4. The van der Waals surface area contributed by atoms with E-state index in [-0.39, 0.29) is 17.7 Å². The highest BCUT2D eigenvalue weighted by atomic mass is 16.2. The van der Waals surface area contributed by atoms with E-state index in [1.165, 1.54) is 33.1 Å². The first kappa shape index (κ1) is 21.5. The Balaban J connectivity index is 1.75. The van der Waals surface area contributed by atoms with Crippen LogP contribution < -0.4 is 16.0 Å². The smallest absolute Gasteiger partial charge is 0.255 e. The molecule has 0 aliphatic carbocycles. The Morgan fingerprint density at radius 3 is 2.03 bits per heavy atom. The SMILES string of the molecule is CC(=O)Nc1cc(NC(C)=O)cc(C(=O)Nc2cccc(CN3CCCCC3)c2)c1. The summed E-state index contributed by atoms with van der Waals surface area (Å²) in [5.74, 6) is -0.831. The Bertz CT molecular complexity index is 902. The van der Waals surface area contributed by atoms with Crippen LogP contribution in [0.15, 0.2) is 42.5 Å². The molecule has 3 N–H and O–H groups in total. The van der Waals surface area contributed by atoms with Crippen LogP contribution in [0.2, 0.25) is 0 Å². The van der Waals surface area contributed by atoms with Gasteiger partial charge in [0.25, 0.3) is 5.91 Å². The minimum atomic E-state index is -0.316. The molecule has 1 fully saturated rings. The van der Waals surface area contributed by atoms with Crippen LogP contribution >= 0.6 is 0 Å². The topological polar surface area (TPSA) is 90.5 Å². The molecule has 158 valence electrons. The van der Waals surface area contributed by atoms with Gasteiger partial charge in [0.05, 0.1) is 0 Å². The highest BCUT2D eigenvalue weighted by Gasteiger charge is 2.13. The summed E-state index contributed by atoms with van der Waals surface area (Å²) in [6.45, 7) is 5.86. The van der Waals surface area contributed by atoms with Crippen molar-refractivity contribution in [2.75, 3.05) is 29.0 Å². The summed E-state index contributed by atoms with van der Waals surface area (Å²) in [4.78, 5) is 38.1. The lowest BCUT2D eigenvalue weighted by Crippen LogP contribution is -2.29. The van der Waals surface area contributed by atoms with Crippen molar-refractivity contribution < 1.29 is 14.4 Å². The third kappa shape index (κ3) is 6.42. The zero-order chi connectivity index (χ0) is 21.5. The summed E-state index contributed by atoms with van der Waals surface area (Å²) < 4.78 is 0. The molecule has 1 aliphatic rings. The van der Waals surface area contributed by atoms with Crippen molar-refractivity contribution in [3.63, 3.8) is 0 Å². The van der Waals surface area contributed by atoms with Crippen molar-refractivity contribution in [3.05, 3.63) is 53.6 Å². The van der Waals surface area contributed by atoms with E-state index in [2.05, 4.69) is 26.9 Å². The van der Waals surface area contributed by atoms with E-state index in [1.807, 2.05) is 18.2 Å². The third-order valence-electron chi connectivity index (χ3n) is 4.88. The molecule has 3 rings (SSSR count). The molecule has 7 nitrogen and oxygen atoms in total. The van der Waals surface area contributed by atoms with Gasteiger partial charge in [0.2, 0.25) is 11.8 Å². The van der Waals surface area contributed by atoms with E-state index >= 15 is 0 Å². The Labute approximate surface area is 176 Å². The Hall–Kier alpha value is -3.19. The van der Waals surface area contributed by atoms with Crippen LogP contribution in [-0.4, -0.2) is 35.7 Å². The van der Waals surface area contributed by atoms with Gasteiger partial charge in [-0.1, -0.05) is 18.6 Å². The van der Waals surface area contributed by atoms with Gasteiger partial charge in [-0.3, -0.25) is 19.3 Å². The van der Waals surface area contributed by atoms with Crippen molar-refractivity contribution >= 4 is 34.8 Å². The number of hydrogen-bond acceptors (Lipinski definition) is 4. The van der Waals surface area contributed by atoms with Crippen LogP contribution in [0, 0.1) is 0 Å². The summed E-state index contributed by atoms with van der Waals surface area (Å²) in [5.41, 5.74) is 3.09. The molecule has 1 saturated heterocycles. The largest absolute Gasteiger partial charge is 0.326 e. The lowest BCUT2D eigenvalue weighted by molar-refractivity contribution is -0.115. The monoisotopic (exact) mass is 408 g/mol. The van der Waals surface area contributed by atoms with E-state index in [0.29, 0.717) is 22.6 Å². The van der Waals surface area contributed by atoms with Gasteiger partial charge in [0, 0.05) is 43.0 Å². The summed E-state index contributed by atoms with van der Waals surface area (Å²) in [5, 5.41) is 8.23. The van der Waals surface area contributed by atoms with Crippen LogP contribution in [0.4, 0.5) is 17.1 Å². The number of benzene rings is 2. The van der Waals surface area contributed by atoms with Crippen LogP contribution in [0.1, 0.15) is 49.0 Å². The highest BCUT2D eigenvalue weighted by molar-refractivity contribution is 6.06. The van der Waals surface area contributed by atoms with E-state index in [0.717, 1.165) is 25.2 Å². The molecule has 2 aromatic rings. The molecule has 7 heteroatoms. The van der Waals surface area contributed by atoms with Crippen molar-refractivity contribution in [2.24, 2.45) is 0 Å². The number of piperidine rings is 1. The fourth-order valence-corrected chi connectivity index (χ4v) is 3.64. The molecule has 1 aliphatic heterocycles. The second-order valence-electron chi connectivity index (χ2n) is 7.65. The van der Waals surface area contributed by atoms with Gasteiger partial charge in [0.1, 0.15) is 0 Å². The van der Waals surface area contributed by atoms with E-state index < -0.39 is 0 Å². The molecule has 0 radical (unpaired) electrons. The number of anilines is 3. The quantitative estimate of drug-likeness (QED) is 0.677. The Kier molecular flexibility index (Phi) is 7.19. The zero-order valence-corrected chi connectivity index (χ0v) is 17.5. The second-order valence-corrected chi connectivity index (χ2v) is 7.65. The van der Waals surface area contributed by atoms with Gasteiger partial charge in [-0.15, -0.1) is 0 Å². The first-order valence-corrected chi connectivity index (χ1v) is 10.2. The fraction of sp³-hybridized carbons (Fsp3) is 0.348. The van der Waals surface area contributed by atoms with Crippen molar-refractivity contribution in [1.29, 1.82) is 0 Å². The Morgan fingerprint density at radius 2 is 1.43 bits per heavy atom. The molecule has 0 saturated carbocycles. The fourth-order valence-electron chi connectivity index (χ4n) is 3.64. The minimum Gasteiger partial charge on any atom is -0.326 e. The van der Waals surface area contributed by atoms with Gasteiger partial charge in [0.15, 0.2) is 0 Å². The number of carbonyl (C=O) groups excluding carboxylic acids is 3. The van der Waals surface area contributed by atoms with Crippen LogP contribution in [0.25, 0.3) is 0 Å². The number of nitrogens with zero attached hydrogens (tertiary/aromatic N) is 1. The molecule has 0 unspecified atom stereocenters. The normalized spacial score (nSPS) is 14.1. The number of nitrogens with one attached hydrogen (secondary N) is 3. The van der Waals surface area contributed by atoms with Gasteiger partial charge in [-0.2, -0.15) is 0 Å². The molecule has 3 amide bonds. The lowest BCUT2D eigenvalue weighted by atomic mass is 10.1. The summed E-state index contributed by atoms with van der Waals surface area (Å²) in [7, 11) is 0. The number of hydrogen-bond donors (Lipinski definition) is 3. The maximum atomic E-state index is 12.8. The minimum absolute atomic E-state index is 0.258. The predicted molar refractivity (Wildman–Crippen MR) is 119 cm³/mol. The van der Waals surface area contributed by atoms with E-state index in [1.54, 1.807) is 18.2 Å². The number of rotatable bonds is 6. The molecule has 0 atom stereocenters. The van der Waals surface area contributed by atoms with Gasteiger partial charge in [-0.25, -0.2) is 0 Å². The van der Waals surface area contributed by atoms with Crippen molar-refractivity contribution in [2.45, 2.75) is 39.7 Å². The highest BCUT2D eigenvalue weighted by Crippen LogP contribution is 2.21. The molecular weight excluding hydrogens is 380 g/mol. The third-order valence-corrected chi connectivity index (χ3v) is 4.88. The second kappa shape index (κ2) is 10.0. The van der Waals surface area contributed by atoms with Crippen LogP contribution in [0.5, 0.6) is 0 Å². The van der Waals surface area contributed by atoms with Crippen molar-refractivity contribution in [3.8, 4) is 0 Å². The standard InChI is InChI=1S/C23H28N4O3/c1-16(28)24-21-12-19(13-22(14-21)25-17(2)29)23(30)26-20-8-6-7-18(11-20)15-27-9-4-3-5-10-27/h6-8,11-14H,3-5,9-10,15H2,1-2H3,(H,24,28)(H,25,29)(H,26,30). The first-order valence-electron chi connectivity index (χ1n) is 10.2. The molecular formula is C23H28N4O3. The lowest BCUT2D eigenvalue weighted by Gasteiger charge is -2.26. The maximum absolute atomic E-state index is 12.8. The molecule has 0 aromatic heterocycles. The predicted octanol–water partition coefficient (Wildman–Crippen LogP) is 3.84. The summed E-state index contributed by atoms with van der Waals surface area (Å²) in [6.07, 6.45) is 3.76. The van der Waals surface area contributed by atoms with Crippen LogP contribution in [-0.2, 0) is 16.1 Å². The van der Waals surface area contributed by atoms with Gasteiger partial charge in [-0.05, 0) is 61.8 Å². The average Bonchev–Trinajstić information content (AvgIpc) is 2.68. The molecule has 0 bridgehead atoms.